The molecule has 84 valence electrons. The first-order chi connectivity index (χ1) is 6.79. The molecule has 1 rings (SSSR count). The minimum Gasteiger partial charge on any atom is -0.478 e. The molecule has 0 aliphatic carbocycles. The summed E-state index contributed by atoms with van der Waals surface area (Å²) in [5.41, 5.74) is 0.227. The lowest BCUT2D eigenvalue weighted by molar-refractivity contribution is 0.0695. The molecular formula is C11H17NO3. The van der Waals surface area contributed by atoms with E-state index in [0.29, 0.717) is 18.1 Å². The van der Waals surface area contributed by atoms with E-state index in [-0.39, 0.29) is 11.1 Å². The number of hydrogen-bond acceptors (Lipinski definition) is 3. The molecule has 0 saturated carbocycles. The molecule has 1 heterocycles. The van der Waals surface area contributed by atoms with Crippen molar-refractivity contribution in [2.75, 3.05) is 0 Å². The van der Waals surface area contributed by atoms with E-state index in [1.54, 1.807) is 13.0 Å². The van der Waals surface area contributed by atoms with Crippen LogP contribution in [0.25, 0.3) is 0 Å². The lowest BCUT2D eigenvalue weighted by Crippen LogP contribution is -2.34. The third kappa shape index (κ3) is 3.40. The van der Waals surface area contributed by atoms with E-state index in [0.717, 1.165) is 0 Å². The molecule has 15 heavy (non-hydrogen) atoms. The molecule has 0 bridgehead atoms. The van der Waals surface area contributed by atoms with Gasteiger partial charge in [0.25, 0.3) is 0 Å². The fourth-order valence-electron chi connectivity index (χ4n) is 1.20. The number of hydrogen-bond donors (Lipinski definition) is 2. The Morgan fingerprint density at radius 2 is 2.13 bits per heavy atom. The standard InChI is InChI=1S/C11H17NO3/c1-7-9(10(13)14)5-8(15-7)6-12-11(2,3)4/h5,12H,6H2,1-4H3,(H,13,14). The van der Waals surface area contributed by atoms with Crippen LogP contribution in [0.5, 0.6) is 0 Å². The smallest absolute Gasteiger partial charge is 0.339 e. The maximum absolute atomic E-state index is 10.8. The third-order valence-electron chi connectivity index (χ3n) is 1.99. The second kappa shape index (κ2) is 4.06. The molecule has 1 aromatic rings. The molecule has 0 radical (unpaired) electrons. The maximum Gasteiger partial charge on any atom is 0.339 e. The van der Waals surface area contributed by atoms with Crippen LogP contribution < -0.4 is 5.32 Å². The molecular weight excluding hydrogens is 194 g/mol. The van der Waals surface area contributed by atoms with Gasteiger partial charge in [0.2, 0.25) is 0 Å². The SMILES string of the molecule is Cc1oc(CNC(C)(C)C)cc1C(=O)O. The molecule has 4 nitrogen and oxygen atoms in total. The highest BCUT2D eigenvalue weighted by Crippen LogP contribution is 2.15. The Bertz CT molecular complexity index is 360. The van der Waals surface area contributed by atoms with E-state index in [1.165, 1.54) is 0 Å². The Morgan fingerprint density at radius 3 is 2.53 bits per heavy atom. The van der Waals surface area contributed by atoms with Crippen molar-refractivity contribution in [3.8, 4) is 0 Å². The van der Waals surface area contributed by atoms with Gasteiger partial charge in [0, 0.05) is 5.54 Å². The fraction of sp³-hybridized carbons (Fsp3) is 0.545. The normalized spacial score (nSPS) is 11.7. The van der Waals surface area contributed by atoms with Gasteiger partial charge in [-0.3, -0.25) is 0 Å². The molecule has 0 spiro atoms. The van der Waals surface area contributed by atoms with Crippen LogP contribution in [0.4, 0.5) is 0 Å². The molecule has 0 atom stereocenters. The Hall–Kier alpha value is -1.29. The van der Waals surface area contributed by atoms with Crippen LogP contribution in [0.15, 0.2) is 10.5 Å². The van der Waals surface area contributed by atoms with Crippen LogP contribution in [-0.2, 0) is 6.54 Å². The predicted molar refractivity (Wildman–Crippen MR) is 57.0 cm³/mol. The summed E-state index contributed by atoms with van der Waals surface area (Å²) < 4.78 is 5.33. The Balaban J connectivity index is 2.72. The van der Waals surface area contributed by atoms with Gasteiger partial charge in [0.1, 0.15) is 17.1 Å². The number of rotatable bonds is 3. The lowest BCUT2D eigenvalue weighted by atomic mass is 10.1. The molecule has 1 aromatic heterocycles. The number of carbonyl (C=O) groups is 1. The molecule has 2 N–H and O–H groups in total. The highest BCUT2D eigenvalue weighted by Gasteiger charge is 2.15. The summed E-state index contributed by atoms with van der Waals surface area (Å²) in [6, 6.07) is 1.57. The third-order valence-corrected chi connectivity index (χ3v) is 1.99. The Kier molecular flexibility index (Phi) is 3.19. The van der Waals surface area contributed by atoms with Gasteiger partial charge in [0.15, 0.2) is 0 Å². The van der Waals surface area contributed by atoms with Gasteiger partial charge in [-0.1, -0.05) is 0 Å². The summed E-state index contributed by atoms with van der Waals surface area (Å²) in [5.74, 6) is 0.159. The number of nitrogens with one attached hydrogen (secondary N) is 1. The maximum atomic E-state index is 10.8. The van der Waals surface area contributed by atoms with Crippen LogP contribution >= 0.6 is 0 Å². The second-order valence-electron chi connectivity index (χ2n) is 4.59. The average Bonchev–Trinajstić information content (AvgIpc) is 2.42. The van der Waals surface area contributed by atoms with Crippen molar-refractivity contribution < 1.29 is 14.3 Å². The first-order valence-electron chi connectivity index (χ1n) is 4.87. The molecule has 0 aromatic carbocycles. The summed E-state index contributed by atoms with van der Waals surface area (Å²) in [5, 5.41) is 12.1. The molecule has 0 aliphatic rings. The fourth-order valence-corrected chi connectivity index (χ4v) is 1.20. The van der Waals surface area contributed by atoms with Crippen molar-refractivity contribution in [1.29, 1.82) is 0 Å². The topological polar surface area (TPSA) is 62.5 Å². The van der Waals surface area contributed by atoms with Gasteiger partial charge in [-0.15, -0.1) is 0 Å². The van der Waals surface area contributed by atoms with Crippen LogP contribution in [0.1, 0.15) is 42.6 Å². The summed E-state index contributed by atoms with van der Waals surface area (Å²) in [4.78, 5) is 10.8. The van der Waals surface area contributed by atoms with Crippen molar-refractivity contribution in [2.24, 2.45) is 0 Å². The largest absolute Gasteiger partial charge is 0.478 e. The van der Waals surface area contributed by atoms with Gasteiger partial charge < -0.3 is 14.8 Å². The van der Waals surface area contributed by atoms with Gasteiger partial charge >= 0.3 is 5.97 Å². The predicted octanol–water partition coefficient (Wildman–Crippen LogP) is 2.17. The molecule has 0 aliphatic heterocycles. The van der Waals surface area contributed by atoms with Crippen molar-refractivity contribution in [1.82, 2.24) is 5.32 Å². The van der Waals surface area contributed by atoms with Crippen LogP contribution in [0.3, 0.4) is 0 Å². The molecule has 0 amide bonds. The minimum atomic E-state index is -0.946. The summed E-state index contributed by atoms with van der Waals surface area (Å²) in [6.07, 6.45) is 0. The van der Waals surface area contributed by atoms with Crippen molar-refractivity contribution in [3.63, 3.8) is 0 Å². The van der Waals surface area contributed by atoms with E-state index in [9.17, 15) is 4.79 Å². The summed E-state index contributed by atoms with van der Waals surface area (Å²) in [6.45, 7) is 8.32. The van der Waals surface area contributed by atoms with E-state index >= 15 is 0 Å². The van der Waals surface area contributed by atoms with Gasteiger partial charge in [-0.25, -0.2) is 4.79 Å². The van der Waals surface area contributed by atoms with Gasteiger partial charge in [-0.2, -0.15) is 0 Å². The highest BCUT2D eigenvalue weighted by molar-refractivity contribution is 5.88. The first-order valence-corrected chi connectivity index (χ1v) is 4.87. The van der Waals surface area contributed by atoms with E-state index < -0.39 is 5.97 Å². The summed E-state index contributed by atoms with van der Waals surface area (Å²) >= 11 is 0. The lowest BCUT2D eigenvalue weighted by Gasteiger charge is -2.19. The van der Waals surface area contributed by atoms with E-state index in [2.05, 4.69) is 5.32 Å². The van der Waals surface area contributed by atoms with E-state index in [4.69, 9.17) is 9.52 Å². The highest BCUT2D eigenvalue weighted by atomic mass is 16.4. The molecule has 4 heteroatoms. The number of aromatic carboxylic acids is 1. The molecule has 0 saturated heterocycles. The van der Waals surface area contributed by atoms with Crippen molar-refractivity contribution in [3.05, 3.63) is 23.2 Å². The monoisotopic (exact) mass is 211 g/mol. The minimum absolute atomic E-state index is 0.00984. The average molecular weight is 211 g/mol. The summed E-state index contributed by atoms with van der Waals surface area (Å²) in [7, 11) is 0. The van der Waals surface area contributed by atoms with Crippen molar-refractivity contribution in [2.45, 2.75) is 39.8 Å². The molecule has 0 unspecified atom stereocenters. The molecule has 0 fully saturated rings. The quantitative estimate of drug-likeness (QED) is 0.804. The number of furan rings is 1. The Labute approximate surface area is 89.3 Å². The zero-order chi connectivity index (χ0) is 11.6. The number of carboxylic acid groups (broad SMARTS) is 1. The van der Waals surface area contributed by atoms with E-state index in [1.807, 2.05) is 20.8 Å². The van der Waals surface area contributed by atoms with Crippen LogP contribution in [0.2, 0.25) is 0 Å². The van der Waals surface area contributed by atoms with Crippen molar-refractivity contribution >= 4 is 5.97 Å². The van der Waals surface area contributed by atoms with Crippen LogP contribution in [-0.4, -0.2) is 16.6 Å². The zero-order valence-electron chi connectivity index (χ0n) is 9.55. The second-order valence-corrected chi connectivity index (χ2v) is 4.59. The van der Waals surface area contributed by atoms with Gasteiger partial charge in [0.05, 0.1) is 6.54 Å². The van der Waals surface area contributed by atoms with Crippen LogP contribution in [0, 0.1) is 6.92 Å². The first kappa shape index (κ1) is 11.8. The number of carboxylic acids is 1. The van der Waals surface area contributed by atoms with Gasteiger partial charge in [-0.05, 0) is 33.8 Å². The Morgan fingerprint density at radius 1 is 1.53 bits per heavy atom. The zero-order valence-corrected chi connectivity index (χ0v) is 9.55. The number of aryl methyl sites for hydroxylation is 1.